The van der Waals surface area contributed by atoms with Crippen LogP contribution in [0.15, 0.2) is 4.99 Å². The summed E-state index contributed by atoms with van der Waals surface area (Å²) in [5.41, 5.74) is 5.78. The molecule has 0 aromatic heterocycles. The minimum absolute atomic E-state index is 0.0106. The van der Waals surface area contributed by atoms with Gasteiger partial charge in [-0.15, -0.1) is 0 Å². The zero-order valence-corrected chi connectivity index (χ0v) is 12.7. The van der Waals surface area contributed by atoms with Crippen molar-refractivity contribution >= 4 is 16.0 Å². The highest BCUT2D eigenvalue weighted by Gasteiger charge is 2.17. The second kappa shape index (κ2) is 8.31. The van der Waals surface area contributed by atoms with E-state index in [0.717, 1.165) is 13.1 Å². The summed E-state index contributed by atoms with van der Waals surface area (Å²) < 4.78 is 25.2. The average molecular weight is 278 g/mol. The van der Waals surface area contributed by atoms with Crippen molar-refractivity contribution in [2.45, 2.75) is 27.7 Å². The summed E-state index contributed by atoms with van der Waals surface area (Å²) in [6.45, 7) is 10.4. The summed E-state index contributed by atoms with van der Waals surface area (Å²) in [6.07, 6.45) is 0. The number of hydrogen-bond donors (Lipinski definition) is 1. The Balaban J connectivity index is 4.46. The van der Waals surface area contributed by atoms with Gasteiger partial charge in [-0.2, -0.15) is 0 Å². The Morgan fingerprint density at radius 1 is 1.06 bits per heavy atom. The molecule has 0 bridgehead atoms. The average Bonchev–Trinajstić information content (AvgIpc) is 2.31. The van der Waals surface area contributed by atoms with E-state index in [0.29, 0.717) is 19.0 Å². The van der Waals surface area contributed by atoms with Crippen LogP contribution in [0, 0.1) is 0 Å². The van der Waals surface area contributed by atoms with Crippen LogP contribution in [0.4, 0.5) is 0 Å². The van der Waals surface area contributed by atoms with E-state index < -0.39 is 10.0 Å². The summed E-state index contributed by atoms with van der Waals surface area (Å²) in [5, 5.41) is 0. The van der Waals surface area contributed by atoms with Crippen molar-refractivity contribution in [3.63, 3.8) is 0 Å². The minimum Gasteiger partial charge on any atom is -0.370 e. The number of nitrogens with two attached hydrogens (primary N) is 1. The van der Waals surface area contributed by atoms with Crippen LogP contribution >= 0.6 is 0 Å². The monoisotopic (exact) mass is 278 g/mol. The molecule has 0 saturated carbocycles. The molecule has 0 radical (unpaired) electrons. The third kappa shape index (κ3) is 5.22. The third-order valence-electron chi connectivity index (χ3n) is 2.81. The standard InChI is InChI=1S/C11H26N4O2S/c1-5-14(6-2)11(12)13-9-10-18(16,17)15(7-3)8-4/h5-10H2,1-4H3,(H2,12,13). The Morgan fingerprint density at radius 2 is 1.56 bits per heavy atom. The van der Waals surface area contributed by atoms with Crippen LogP contribution in [0.3, 0.4) is 0 Å². The van der Waals surface area contributed by atoms with Gasteiger partial charge in [-0.05, 0) is 13.8 Å². The zero-order chi connectivity index (χ0) is 14.2. The molecule has 0 amide bonds. The second-order valence-electron chi connectivity index (χ2n) is 3.81. The van der Waals surface area contributed by atoms with Gasteiger partial charge in [-0.1, -0.05) is 13.8 Å². The predicted octanol–water partition coefficient (Wildman–Crippen LogP) is 0.315. The molecule has 0 heterocycles. The van der Waals surface area contributed by atoms with E-state index in [1.165, 1.54) is 4.31 Å². The number of guanidine groups is 1. The van der Waals surface area contributed by atoms with Gasteiger partial charge in [0.05, 0.1) is 12.3 Å². The van der Waals surface area contributed by atoms with Gasteiger partial charge >= 0.3 is 0 Å². The SMILES string of the molecule is CCN(CC)C(N)=NCCS(=O)(=O)N(CC)CC. The fourth-order valence-corrected chi connectivity index (χ4v) is 3.04. The maximum absolute atomic E-state index is 11.9. The smallest absolute Gasteiger partial charge is 0.215 e. The molecular weight excluding hydrogens is 252 g/mol. The van der Waals surface area contributed by atoms with Crippen molar-refractivity contribution < 1.29 is 8.42 Å². The first-order valence-electron chi connectivity index (χ1n) is 6.45. The fourth-order valence-electron chi connectivity index (χ4n) is 1.67. The largest absolute Gasteiger partial charge is 0.370 e. The molecule has 0 aliphatic carbocycles. The van der Waals surface area contributed by atoms with Crippen LogP contribution in [0.5, 0.6) is 0 Å². The van der Waals surface area contributed by atoms with Crippen molar-refractivity contribution in [3.05, 3.63) is 0 Å². The molecule has 7 heteroatoms. The van der Waals surface area contributed by atoms with Crippen molar-refractivity contribution in [1.29, 1.82) is 0 Å². The molecule has 6 nitrogen and oxygen atoms in total. The number of nitrogens with zero attached hydrogens (tertiary/aromatic N) is 3. The fraction of sp³-hybridized carbons (Fsp3) is 0.909. The van der Waals surface area contributed by atoms with Gasteiger partial charge in [0.2, 0.25) is 10.0 Å². The lowest BCUT2D eigenvalue weighted by Gasteiger charge is -2.20. The van der Waals surface area contributed by atoms with Gasteiger partial charge in [0.25, 0.3) is 0 Å². The maximum Gasteiger partial charge on any atom is 0.215 e. The molecule has 0 rings (SSSR count). The topological polar surface area (TPSA) is 79.0 Å². The van der Waals surface area contributed by atoms with Gasteiger partial charge in [0.1, 0.15) is 0 Å². The Bertz CT molecular complexity index is 346. The molecular formula is C11H26N4O2S. The molecule has 0 unspecified atom stereocenters. The summed E-state index contributed by atoms with van der Waals surface area (Å²) in [4.78, 5) is 6.01. The van der Waals surface area contributed by atoms with Crippen LogP contribution in [0.1, 0.15) is 27.7 Å². The highest BCUT2D eigenvalue weighted by Crippen LogP contribution is 2.00. The van der Waals surface area contributed by atoms with Crippen molar-refractivity contribution in [3.8, 4) is 0 Å². The number of sulfonamides is 1. The van der Waals surface area contributed by atoms with Crippen molar-refractivity contribution in [2.24, 2.45) is 10.7 Å². The van der Waals surface area contributed by atoms with E-state index in [9.17, 15) is 8.42 Å². The highest BCUT2D eigenvalue weighted by atomic mass is 32.2. The summed E-state index contributed by atoms with van der Waals surface area (Å²) in [6, 6.07) is 0. The zero-order valence-electron chi connectivity index (χ0n) is 11.9. The molecule has 0 spiro atoms. The number of aliphatic imine (C=N–C) groups is 1. The van der Waals surface area contributed by atoms with E-state index in [1.807, 2.05) is 32.6 Å². The molecule has 0 saturated heterocycles. The van der Waals surface area contributed by atoms with E-state index >= 15 is 0 Å². The molecule has 2 N–H and O–H groups in total. The van der Waals surface area contributed by atoms with Gasteiger partial charge in [-0.3, -0.25) is 4.99 Å². The molecule has 0 aliphatic heterocycles. The number of hydrogen-bond acceptors (Lipinski definition) is 3. The van der Waals surface area contributed by atoms with Gasteiger partial charge in [0, 0.05) is 26.2 Å². The quantitative estimate of drug-likeness (QED) is 0.512. The van der Waals surface area contributed by atoms with Crippen LogP contribution in [-0.2, 0) is 10.0 Å². The van der Waals surface area contributed by atoms with E-state index in [1.54, 1.807) is 0 Å². The van der Waals surface area contributed by atoms with Gasteiger partial charge < -0.3 is 10.6 Å². The first kappa shape index (κ1) is 17.2. The van der Waals surface area contributed by atoms with Crippen LogP contribution in [0.25, 0.3) is 0 Å². The molecule has 0 aromatic rings. The van der Waals surface area contributed by atoms with Crippen LogP contribution < -0.4 is 5.73 Å². The Morgan fingerprint density at radius 3 is 1.94 bits per heavy atom. The van der Waals surface area contributed by atoms with Gasteiger partial charge in [-0.25, -0.2) is 12.7 Å². The normalized spacial score (nSPS) is 13.1. The predicted molar refractivity (Wildman–Crippen MR) is 76.1 cm³/mol. The molecule has 0 aromatic carbocycles. The minimum atomic E-state index is -3.21. The molecule has 0 aliphatic rings. The Labute approximate surface area is 111 Å². The first-order chi connectivity index (χ1) is 8.42. The first-order valence-corrected chi connectivity index (χ1v) is 8.06. The maximum atomic E-state index is 11.9. The highest BCUT2D eigenvalue weighted by molar-refractivity contribution is 7.89. The van der Waals surface area contributed by atoms with Crippen LogP contribution in [-0.4, -0.2) is 62.1 Å². The van der Waals surface area contributed by atoms with Gasteiger partial charge in [0.15, 0.2) is 5.96 Å². The van der Waals surface area contributed by atoms with E-state index in [-0.39, 0.29) is 12.3 Å². The van der Waals surface area contributed by atoms with Crippen molar-refractivity contribution in [1.82, 2.24) is 9.21 Å². The van der Waals surface area contributed by atoms with E-state index in [2.05, 4.69) is 4.99 Å². The lowest BCUT2D eigenvalue weighted by Crippen LogP contribution is -2.38. The summed E-state index contributed by atoms with van der Waals surface area (Å²) in [5.74, 6) is 0.422. The van der Waals surface area contributed by atoms with Crippen LogP contribution in [0.2, 0.25) is 0 Å². The summed E-state index contributed by atoms with van der Waals surface area (Å²) >= 11 is 0. The molecule has 0 atom stereocenters. The lowest BCUT2D eigenvalue weighted by molar-refractivity contribution is 0.444. The molecule has 18 heavy (non-hydrogen) atoms. The van der Waals surface area contributed by atoms with E-state index in [4.69, 9.17) is 5.73 Å². The Hall–Kier alpha value is -0.820. The van der Waals surface area contributed by atoms with Crippen molar-refractivity contribution in [2.75, 3.05) is 38.5 Å². The Kier molecular flexibility index (Phi) is 7.93. The lowest BCUT2D eigenvalue weighted by atomic mass is 10.5. The summed E-state index contributed by atoms with van der Waals surface area (Å²) in [7, 11) is -3.21. The third-order valence-corrected chi connectivity index (χ3v) is 4.81. The molecule has 108 valence electrons. The second-order valence-corrected chi connectivity index (χ2v) is 5.90. The molecule has 0 fully saturated rings. The number of rotatable bonds is 8.